The lowest BCUT2D eigenvalue weighted by molar-refractivity contribution is 0.210. The van der Waals surface area contributed by atoms with E-state index >= 15 is 0 Å². The van der Waals surface area contributed by atoms with E-state index in [2.05, 4.69) is 49.5 Å². The van der Waals surface area contributed by atoms with E-state index in [1.165, 1.54) is 18.4 Å². The summed E-state index contributed by atoms with van der Waals surface area (Å²) in [5.41, 5.74) is 1.92. The Balaban J connectivity index is 2.12. The fourth-order valence-corrected chi connectivity index (χ4v) is 2.23. The van der Waals surface area contributed by atoms with Crippen molar-refractivity contribution >= 4 is 0 Å². The average molecular weight is 189 g/mol. The van der Waals surface area contributed by atoms with Crippen molar-refractivity contribution in [3.05, 3.63) is 35.9 Å². The van der Waals surface area contributed by atoms with Gasteiger partial charge in [-0.15, -0.1) is 0 Å². The molecule has 2 rings (SSSR count). The minimum absolute atomic E-state index is 0.492. The van der Waals surface area contributed by atoms with Gasteiger partial charge in [0.15, 0.2) is 0 Å². The van der Waals surface area contributed by atoms with Crippen molar-refractivity contribution in [1.82, 2.24) is 5.32 Å². The Bertz CT molecular complexity index is 289. The lowest BCUT2D eigenvalue weighted by Gasteiger charge is -2.36. The lowest BCUT2D eigenvalue weighted by Crippen LogP contribution is -2.35. The van der Waals surface area contributed by atoms with Gasteiger partial charge in [-0.3, -0.25) is 0 Å². The van der Waals surface area contributed by atoms with Gasteiger partial charge in [0.25, 0.3) is 0 Å². The van der Waals surface area contributed by atoms with Crippen LogP contribution in [-0.4, -0.2) is 6.54 Å². The molecule has 0 radical (unpaired) electrons. The second-order valence-electron chi connectivity index (χ2n) is 5.04. The summed E-state index contributed by atoms with van der Waals surface area (Å²) < 4.78 is 0. The summed E-state index contributed by atoms with van der Waals surface area (Å²) in [6.07, 6.45) is 2.54. The predicted molar refractivity (Wildman–Crippen MR) is 60.2 cm³/mol. The normalized spacial score (nSPS) is 26.0. The van der Waals surface area contributed by atoms with Crippen molar-refractivity contribution in [2.24, 2.45) is 5.41 Å². The molecule has 0 bridgehead atoms. The van der Waals surface area contributed by atoms with Crippen LogP contribution in [0.5, 0.6) is 0 Å². The zero-order valence-electron chi connectivity index (χ0n) is 9.09. The third-order valence-electron chi connectivity index (χ3n) is 3.15. The van der Waals surface area contributed by atoms with E-state index < -0.39 is 0 Å². The van der Waals surface area contributed by atoms with E-state index in [9.17, 15) is 0 Å². The van der Waals surface area contributed by atoms with Crippen LogP contribution in [0.1, 0.15) is 38.3 Å². The van der Waals surface area contributed by atoms with Gasteiger partial charge in [0.2, 0.25) is 0 Å². The molecule has 1 aliphatic heterocycles. The van der Waals surface area contributed by atoms with Gasteiger partial charge >= 0.3 is 0 Å². The summed E-state index contributed by atoms with van der Waals surface area (Å²) in [6, 6.07) is 11.3. The molecule has 1 heteroatoms. The van der Waals surface area contributed by atoms with Crippen molar-refractivity contribution < 1.29 is 0 Å². The molecule has 0 aliphatic carbocycles. The minimum Gasteiger partial charge on any atom is -0.310 e. The summed E-state index contributed by atoms with van der Waals surface area (Å²) in [5, 5.41) is 3.59. The number of piperidine rings is 1. The molecule has 0 saturated carbocycles. The molecule has 1 atom stereocenters. The standard InChI is InChI=1S/C13H19N/c1-13(2)8-9-14-12(10-13)11-6-4-3-5-7-11/h3-7,12,14H,8-10H2,1-2H3/t12-/m1/s1. The van der Waals surface area contributed by atoms with Gasteiger partial charge in [0.05, 0.1) is 0 Å². The molecule has 0 amide bonds. The first-order valence-corrected chi connectivity index (χ1v) is 5.46. The van der Waals surface area contributed by atoms with Gasteiger partial charge in [-0.25, -0.2) is 0 Å². The van der Waals surface area contributed by atoms with Crippen LogP contribution in [0.25, 0.3) is 0 Å². The Labute approximate surface area is 86.5 Å². The number of nitrogens with one attached hydrogen (secondary N) is 1. The maximum atomic E-state index is 3.59. The predicted octanol–water partition coefficient (Wildman–Crippen LogP) is 3.14. The number of rotatable bonds is 1. The maximum absolute atomic E-state index is 3.59. The molecule has 76 valence electrons. The van der Waals surface area contributed by atoms with Gasteiger partial charge < -0.3 is 5.32 Å². The third-order valence-corrected chi connectivity index (χ3v) is 3.15. The van der Waals surface area contributed by atoms with Crippen molar-refractivity contribution in [3.63, 3.8) is 0 Å². The first-order chi connectivity index (χ1) is 6.67. The molecular weight excluding hydrogens is 170 g/mol. The molecule has 1 N–H and O–H groups in total. The highest BCUT2D eigenvalue weighted by Crippen LogP contribution is 2.35. The van der Waals surface area contributed by atoms with Crippen molar-refractivity contribution in [3.8, 4) is 0 Å². The molecule has 1 heterocycles. The second kappa shape index (κ2) is 3.74. The van der Waals surface area contributed by atoms with E-state index in [0.29, 0.717) is 11.5 Å². The molecular formula is C13H19N. The quantitative estimate of drug-likeness (QED) is 0.715. The van der Waals surface area contributed by atoms with Crippen LogP contribution in [0.2, 0.25) is 0 Å². The van der Waals surface area contributed by atoms with Crippen LogP contribution in [0.3, 0.4) is 0 Å². The first-order valence-electron chi connectivity index (χ1n) is 5.46. The van der Waals surface area contributed by atoms with Crippen LogP contribution in [0.15, 0.2) is 30.3 Å². The van der Waals surface area contributed by atoms with Gasteiger partial charge in [-0.05, 0) is 30.4 Å². The SMILES string of the molecule is CC1(C)CCN[C@@H](c2ccccc2)C1. The Morgan fingerprint density at radius 1 is 1.21 bits per heavy atom. The van der Waals surface area contributed by atoms with Crippen molar-refractivity contribution in [2.75, 3.05) is 6.54 Å². The van der Waals surface area contributed by atoms with Gasteiger partial charge in [-0.2, -0.15) is 0 Å². The summed E-state index contributed by atoms with van der Waals surface area (Å²) in [5.74, 6) is 0. The van der Waals surface area contributed by atoms with Crippen LogP contribution >= 0.6 is 0 Å². The second-order valence-corrected chi connectivity index (χ2v) is 5.04. The van der Waals surface area contributed by atoms with Crippen LogP contribution in [-0.2, 0) is 0 Å². The van der Waals surface area contributed by atoms with Gasteiger partial charge in [0, 0.05) is 6.04 Å². The van der Waals surface area contributed by atoms with E-state index in [-0.39, 0.29) is 0 Å². The number of hydrogen-bond donors (Lipinski definition) is 1. The molecule has 14 heavy (non-hydrogen) atoms. The van der Waals surface area contributed by atoms with E-state index in [4.69, 9.17) is 0 Å². The molecule has 0 aromatic heterocycles. The highest BCUT2D eigenvalue weighted by molar-refractivity contribution is 5.19. The Morgan fingerprint density at radius 2 is 1.93 bits per heavy atom. The Morgan fingerprint density at radius 3 is 2.57 bits per heavy atom. The Kier molecular flexibility index (Phi) is 2.60. The van der Waals surface area contributed by atoms with Gasteiger partial charge in [0.1, 0.15) is 0 Å². The van der Waals surface area contributed by atoms with Crippen LogP contribution < -0.4 is 5.32 Å². The molecule has 1 fully saturated rings. The topological polar surface area (TPSA) is 12.0 Å². The molecule has 1 aromatic carbocycles. The molecule has 0 spiro atoms. The highest BCUT2D eigenvalue weighted by Gasteiger charge is 2.27. The monoisotopic (exact) mass is 189 g/mol. The molecule has 1 aliphatic rings. The zero-order valence-corrected chi connectivity index (χ0v) is 9.09. The largest absolute Gasteiger partial charge is 0.310 e. The first kappa shape index (κ1) is 9.72. The summed E-state index contributed by atoms with van der Waals surface area (Å²) >= 11 is 0. The molecule has 1 saturated heterocycles. The van der Waals surface area contributed by atoms with Crippen molar-refractivity contribution in [1.29, 1.82) is 0 Å². The maximum Gasteiger partial charge on any atom is 0.0325 e. The smallest absolute Gasteiger partial charge is 0.0325 e. The number of hydrogen-bond acceptors (Lipinski definition) is 1. The zero-order chi connectivity index (χ0) is 10.0. The van der Waals surface area contributed by atoms with Gasteiger partial charge in [-0.1, -0.05) is 44.2 Å². The van der Waals surface area contributed by atoms with E-state index in [1.807, 2.05) is 0 Å². The summed E-state index contributed by atoms with van der Waals surface area (Å²) in [6.45, 7) is 5.88. The summed E-state index contributed by atoms with van der Waals surface area (Å²) in [4.78, 5) is 0. The van der Waals surface area contributed by atoms with Crippen molar-refractivity contribution in [2.45, 2.75) is 32.7 Å². The fraction of sp³-hybridized carbons (Fsp3) is 0.538. The third kappa shape index (κ3) is 2.16. The summed E-state index contributed by atoms with van der Waals surface area (Å²) in [7, 11) is 0. The lowest BCUT2D eigenvalue weighted by atomic mass is 9.78. The van der Waals surface area contributed by atoms with Crippen LogP contribution in [0.4, 0.5) is 0 Å². The number of benzene rings is 1. The Hall–Kier alpha value is -0.820. The molecule has 1 aromatic rings. The highest BCUT2D eigenvalue weighted by atomic mass is 14.9. The van der Waals surface area contributed by atoms with E-state index in [1.54, 1.807) is 0 Å². The van der Waals surface area contributed by atoms with E-state index in [0.717, 1.165) is 6.54 Å². The van der Waals surface area contributed by atoms with Crippen LogP contribution in [0, 0.1) is 5.41 Å². The molecule has 1 nitrogen and oxygen atoms in total. The molecule has 0 unspecified atom stereocenters. The fourth-order valence-electron chi connectivity index (χ4n) is 2.23. The minimum atomic E-state index is 0.492. The average Bonchev–Trinajstić information content (AvgIpc) is 2.18.